The van der Waals surface area contributed by atoms with E-state index in [9.17, 15) is 13.2 Å². The van der Waals surface area contributed by atoms with Gasteiger partial charge in [0.2, 0.25) is 0 Å². The zero-order valence-corrected chi connectivity index (χ0v) is 8.80. The summed E-state index contributed by atoms with van der Waals surface area (Å²) in [6.07, 6.45) is -4.59. The molecule has 0 saturated heterocycles. The normalized spacial score (nSPS) is 13.0. The smallest absolute Gasteiger partial charge is 0.408 e. The molecule has 1 aromatic carbocycles. The van der Waals surface area contributed by atoms with Crippen molar-refractivity contribution < 1.29 is 17.9 Å². The maximum Gasteiger partial charge on any atom is 0.408 e. The summed E-state index contributed by atoms with van der Waals surface area (Å²) in [6.45, 7) is 1.66. The summed E-state index contributed by atoms with van der Waals surface area (Å²) in [7, 11) is 1.28. The Balaban J connectivity index is 3.30. The van der Waals surface area contributed by atoms with Crippen molar-refractivity contribution in [2.24, 2.45) is 0 Å². The van der Waals surface area contributed by atoms with Crippen LogP contribution in [-0.2, 0) is 0 Å². The quantitative estimate of drug-likeness (QED) is 0.780. The average molecular weight is 229 g/mol. The minimum Gasteiger partial charge on any atom is -0.496 e. The highest BCUT2D eigenvalue weighted by Crippen LogP contribution is 2.38. The van der Waals surface area contributed by atoms with Gasteiger partial charge in [0.1, 0.15) is 5.75 Å². The molecule has 0 aliphatic rings. The van der Waals surface area contributed by atoms with Crippen LogP contribution < -0.4 is 4.74 Å². The lowest BCUT2D eigenvalue weighted by Gasteiger charge is -2.16. The van der Waals surface area contributed by atoms with Crippen LogP contribution in [-0.4, -0.2) is 13.3 Å². The van der Waals surface area contributed by atoms with E-state index in [0.717, 1.165) is 0 Å². The minimum absolute atomic E-state index is 0.0782. The van der Waals surface area contributed by atoms with Crippen LogP contribution in [0.4, 0.5) is 13.2 Å². The highest BCUT2D eigenvalue weighted by atomic mass is 19.4. The third-order valence-corrected chi connectivity index (χ3v) is 2.15. The van der Waals surface area contributed by atoms with Crippen LogP contribution in [0.1, 0.15) is 17.0 Å². The predicted octanol–water partition coefficient (Wildman–Crippen LogP) is 3.17. The van der Waals surface area contributed by atoms with Gasteiger partial charge in [0.15, 0.2) is 5.92 Å². The number of hydrogen-bond donors (Lipinski definition) is 0. The number of aryl methyl sites for hydroxylation is 1. The molecule has 0 saturated carbocycles. The van der Waals surface area contributed by atoms with Crippen LogP contribution in [0.25, 0.3) is 0 Å². The van der Waals surface area contributed by atoms with Crippen LogP contribution in [0.2, 0.25) is 0 Å². The highest BCUT2D eigenvalue weighted by Gasteiger charge is 2.42. The fourth-order valence-electron chi connectivity index (χ4n) is 1.40. The van der Waals surface area contributed by atoms with Crippen molar-refractivity contribution in [2.45, 2.75) is 19.0 Å². The first-order valence-corrected chi connectivity index (χ1v) is 4.51. The Bertz CT molecular complexity index is 420. The fourth-order valence-corrected chi connectivity index (χ4v) is 1.40. The molecule has 1 aromatic rings. The number of rotatable bonds is 2. The molecule has 1 atom stereocenters. The summed E-state index contributed by atoms with van der Waals surface area (Å²) in [5, 5.41) is 8.60. The molecule has 0 aliphatic carbocycles. The first-order valence-electron chi connectivity index (χ1n) is 4.51. The standard InChI is InChI=1S/C11H10F3NO/c1-7-3-4-10(16-2)8(5-7)9(6-15)11(12,13)14/h3-5,9H,1-2H3. The van der Waals surface area contributed by atoms with Crippen LogP contribution >= 0.6 is 0 Å². The van der Waals surface area contributed by atoms with E-state index in [1.807, 2.05) is 0 Å². The summed E-state index contributed by atoms with van der Waals surface area (Å²) >= 11 is 0. The lowest BCUT2D eigenvalue weighted by atomic mass is 9.97. The first kappa shape index (κ1) is 12.4. The Morgan fingerprint density at radius 3 is 2.44 bits per heavy atom. The second-order valence-corrected chi connectivity index (χ2v) is 3.35. The van der Waals surface area contributed by atoms with Gasteiger partial charge in [-0.25, -0.2) is 0 Å². The molecule has 16 heavy (non-hydrogen) atoms. The molecule has 2 nitrogen and oxygen atoms in total. The monoisotopic (exact) mass is 229 g/mol. The van der Waals surface area contributed by atoms with E-state index in [1.54, 1.807) is 13.0 Å². The molecule has 0 heterocycles. The number of alkyl halides is 3. The van der Waals surface area contributed by atoms with E-state index in [-0.39, 0.29) is 11.3 Å². The van der Waals surface area contributed by atoms with Crippen molar-refractivity contribution >= 4 is 0 Å². The van der Waals surface area contributed by atoms with Gasteiger partial charge in [-0.2, -0.15) is 18.4 Å². The number of nitriles is 1. The van der Waals surface area contributed by atoms with Gasteiger partial charge >= 0.3 is 6.18 Å². The molecule has 0 spiro atoms. The van der Waals surface area contributed by atoms with Crippen molar-refractivity contribution in [3.8, 4) is 11.8 Å². The average Bonchev–Trinajstić information content (AvgIpc) is 2.17. The van der Waals surface area contributed by atoms with E-state index >= 15 is 0 Å². The molecule has 0 N–H and O–H groups in total. The second-order valence-electron chi connectivity index (χ2n) is 3.35. The van der Waals surface area contributed by atoms with Crippen LogP contribution in [0.3, 0.4) is 0 Å². The largest absolute Gasteiger partial charge is 0.496 e. The highest BCUT2D eigenvalue weighted by molar-refractivity contribution is 5.42. The zero-order chi connectivity index (χ0) is 12.3. The summed E-state index contributed by atoms with van der Waals surface area (Å²) in [4.78, 5) is 0. The van der Waals surface area contributed by atoms with E-state index < -0.39 is 12.1 Å². The third kappa shape index (κ3) is 2.45. The maximum atomic E-state index is 12.6. The SMILES string of the molecule is COc1ccc(C)cc1C(C#N)C(F)(F)F. The summed E-state index contributed by atoms with van der Waals surface area (Å²) < 4.78 is 42.6. The number of methoxy groups -OCH3 is 1. The topological polar surface area (TPSA) is 33.0 Å². The number of hydrogen-bond acceptors (Lipinski definition) is 2. The summed E-state index contributed by atoms with van der Waals surface area (Å²) in [5.41, 5.74) is 0.512. The third-order valence-electron chi connectivity index (χ3n) is 2.15. The molecule has 5 heteroatoms. The Labute approximate surface area is 91.3 Å². The zero-order valence-electron chi connectivity index (χ0n) is 8.80. The van der Waals surface area contributed by atoms with Gasteiger partial charge < -0.3 is 4.74 Å². The second kappa shape index (κ2) is 4.44. The lowest BCUT2D eigenvalue weighted by Crippen LogP contribution is -2.20. The molecule has 0 fully saturated rings. The van der Waals surface area contributed by atoms with Gasteiger partial charge in [-0.3, -0.25) is 0 Å². The molecule has 1 rings (SSSR count). The molecule has 1 unspecified atom stereocenters. The first-order chi connectivity index (χ1) is 7.40. The van der Waals surface area contributed by atoms with Crippen LogP contribution in [0.15, 0.2) is 18.2 Å². The molecule has 0 amide bonds. The van der Waals surface area contributed by atoms with Gasteiger partial charge in [0.05, 0.1) is 13.2 Å². The molecule has 0 bridgehead atoms. The van der Waals surface area contributed by atoms with E-state index in [0.29, 0.717) is 5.56 Å². The minimum atomic E-state index is -4.59. The van der Waals surface area contributed by atoms with Crippen molar-refractivity contribution in [2.75, 3.05) is 7.11 Å². The number of nitrogens with zero attached hydrogens (tertiary/aromatic N) is 1. The van der Waals surface area contributed by atoms with E-state index in [4.69, 9.17) is 10.00 Å². The van der Waals surface area contributed by atoms with Gasteiger partial charge in [-0.05, 0) is 13.0 Å². The molecule has 86 valence electrons. The molecule has 0 aromatic heterocycles. The van der Waals surface area contributed by atoms with Crippen LogP contribution in [0, 0.1) is 18.3 Å². The summed E-state index contributed by atoms with van der Waals surface area (Å²) in [6, 6.07) is 5.64. The Hall–Kier alpha value is -1.70. The van der Waals surface area contributed by atoms with Gasteiger partial charge in [0, 0.05) is 5.56 Å². The number of ether oxygens (including phenoxy) is 1. The van der Waals surface area contributed by atoms with Crippen LogP contribution in [0.5, 0.6) is 5.75 Å². The Kier molecular flexibility index (Phi) is 3.43. The van der Waals surface area contributed by atoms with Crippen molar-refractivity contribution in [1.29, 1.82) is 5.26 Å². The Morgan fingerprint density at radius 1 is 1.38 bits per heavy atom. The van der Waals surface area contributed by atoms with E-state index in [1.165, 1.54) is 25.3 Å². The van der Waals surface area contributed by atoms with Gasteiger partial charge in [0.25, 0.3) is 0 Å². The fraction of sp³-hybridized carbons (Fsp3) is 0.364. The lowest BCUT2D eigenvalue weighted by molar-refractivity contribution is -0.138. The van der Waals surface area contributed by atoms with Crippen molar-refractivity contribution in [3.05, 3.63) is 29.3 Å². The number of benzene rings is 1. The summed E-state index contributed by atoms with van der Waals surface area (Å²) in [5.74, 6) is -2.07. The van der Waals surface area contributed by atoms with Crippen molar-refractivity contribution in [3.63, 3.8) is 0 Å². The van der Waals surface area contributed by atoms with Gasteiger partial charge in [-0.15, -0.1) is 0 Å². The maximum absolute atomic E-state index is 12.6. The molecular formula is C11H10F3NO. The predicted molar refractivity (Wildman–Crippen MR) is 52.1 cm³/mol. The Morgan fingerprint density at radius 2 is 2.00 bits per heavy atom. The molecule has 0 radical (unpaired) electrons. The van der Waals surface area contributed by atoms with Crippen molar-refractivity contribution in [1.82, 2.24) is 0 Å². The van der Waals surface area contributed by atoms with Gasteiger partial charge in [-0.1, -0.05) is 17.7 Å². The van der Waals surface area contributed by atoms with E-state index in [2.05, 4.69) is 0 Å². The molecule has 0 aliphatic heterocycles. The number of halogens is 3. The molecular weight excluding hydrogens is 219 g/mol.